The second kappa shape index (κ2) is 6.19. The number of benzene rings is 2. The van der Waals surface area contributed by atoms with Crippen molar-refractivity contribution in [2.75, 3.05) is 5.73 Å². The lowest BCUT2D eigenvalue weighted by Crippen LogP contribution is -2.04. The molecule has 3 aromatic rings. The van der Waals surface area contributed by atoms with Crippen LogP contribution in [0, 0.1) is 0 Å². The fourth-order valence-electron chi connectivity index (χ4n) is 2.11. The van der Waals surface area contributed by atoms with Gasteiger partial charge >= 0.3 is 6.18 Å². The summed E-state index contributed by atoms with van der Waals surface area (Å²) in [7, 11) is 0. The average molecular weight is 330 g/mol. The first kappa shape index (κ1) is 15.8. The Hall–Kier alpha value is -3.09. The van der Waals surface area contributed by atoms with Crippen LogP contribution in [-0.2, 0) is 6.18 Å². The largest absolute Gasteiger partial charge is 0.416 e. The van der Waals surface area contributed by atoms with Crippen molar-refractivity contribution in [3.63, 3.8) is 0 Å². The van der Waals surface area contributed by atoms with Gasteiger partial charge in [0, 0.05) is 5.56 Å². The number of rotatable bonds is 3. The van der Waals surface area contributed by atoms with E-state index in [4.69, 9.17) is 5.73 Å². The van der Waals surface area contributed by atoms with Gasteiger partial charge in [-0.3, -0.25) is 0 Å². The molecule has 0 unspecified atom stereocenters. The molecule has 4 nitrogen and oxygen atoms in total. The molecule has 24 heavy (non-hydrogen) atoms. The highest BCUT2D eigenvalue weighted by molar-refractivity contribution is 5.79. The van der Waals surface area contributed by atoms with Crippen molar-refractivity contribution in [3.05, 3.63) is 71.9 Å². The topological polar surface area (TPSA) is 56.2 Å². The molecule has 0 spiro atoms. The zero-order valence-electron chi connectivity index (χ0n) is 12.4. The van der Waals surface area contributed by atoms with Gasteiger partial charge in [0.15, 0.2) is 0 Å². The minimum Gasteiger partial charge on any atom is -0.368 e. The number of aromatic nitrogens is 2. The van der Waals surface area contributed by atoms with E-state index in [2.05, 4.69) is 10.1 Å². The third-order valence-electron chi connectivity index (χ3n) is 3.35. The lowest BCUT2D eigenvalue weighted by molar-refractivity contribution is -0.137. The van der Waals surface area contributed by atoms with Crippen LogP contribution >= 0.6 is 0 Å². The first-order valence-corrected chi connectivity index (χ1v) is 7.05. The second-order valence-corrected chi connectivity index (χ2v) is 5.06. The van der Waals surface area contributed by atoms with Crippen LogP contribution < -0.4 is 5.73 Å². The Kier molecular flexibility index (Phi) is 4.07. The van der Waals surface area contributed by atoms with Gasteiger partial charge < -0.3 is 5.73 Å². The first-order valence-electron chi connectivity index (χ1n) is 7.05. The molecule has 7 heteroatoms. The van der Waals surface area contributed by atoms with Gasteiger partial charge in [-0.2, -0.15) is 18.3 Å². The molecular weight excluding hydrogens is 317 g/mol. The number of alkyl halides is 3. The van der Waals surface area contributed by atoms with E-state index in [1.54, 1.807) is 6.20 Å². The lowest BCUT2D eigenvalue weighted by Gasteiger charge is -2.05. The third kappa shape index (κ3) is 3.45. The Bertz CT molecular complexity index is 850. The Balaban J connectivity index is 1.81. The zero-order valence-corrected chi connectivity index (χ0v) is 12.4. The van der Waals surface area contributed by atoms with E-state index in [0.717, 1.165) is 17.7 Å². The summed E-state index contributed by atoms with van der Waals surface area (Å²) in [6.45, 7) is 0. The van der Waals surface area contributed by atoms with Crippen molar-refractivity contribution in [1.29, 1.82) is 0 Å². The van der Waals surface area contributed by atoms with Gasteiger partial charge in [-0.05, 0) is 17.7 Å². The Morgan fingerprint density at radius 2 is 1.67 bits per heavy atom. The number of hydrogen-bond donors (Lipinski definition) is 1. The van der Waals surface area contributed by atoms with Crippen molar-refractivity contribution in [1.82, 2.24) is 9.66 Å². The maximum Gasteiger partial charge on any atom is 0.416 e. The molecule has 1 aromatic heterocycles. The molecular formula is C17H13F3N4. The van der Waals surface area contributed by atoms with Crippen LogP contribution in [0.4, 0.5) is 19.1 Å². The fraction of sp³-hybridized carbons (Fsp3) is 0.0588. The summed E-state index contributed by atoms with van der Waals surface area (Å²) in [5.41, 5.74) is 7.20. The SMILES string of the molecule is Nc1nc(-c2ccccc2)cn1/N=C\c1ccc(C(F)(F)F)cc1. The molecule has 0 aliphatic rings. The fourth-order valence-corrected chi connectivity index (χ4v) is 2.11. The van der Waals surface area contributed by atoms with Crippen LogP contribution in [0.3, 0.4) is 0 Å². The molecule has 3 rings (SSSR count). The molecule has 1 heterocycles. The highest BCUT2D eigenvalue weighted by Crippen LogP contribution is 2.28. The van der Waals surface area contributed by atoms with Crippen LogP contribution in [0.2, 0.25) is 0 Å². The lowest BCUT2D eigenvalue weighted by atomic mass is 10.1. The van der Waals surface area contributed by atoms with E-state index < -0.39 is 11.7 Å². The Labute approximate surface area is 136 Å². The predicted molar refractivity (Wildman–Crippen MR) is 86.5 cm³/mol. The van der Waals surface area contributed by atoms with Crippen molar-refractivity contribution < 1.29 is 13.2 Å². The van der Waals surface area contributed by atoms with Crippen LogP contribution in [-0.4, -0.2) is 15.9 Å². The van der Waals surface area contributed by atoms with E-state index in [9.17, 15) is 13.2 Å². The summed E-state index contributed by atoms with van der Waals surface area (Å²) in [5.74, 6) is 0.192. The van der Waals surface area contributed by atoms with Crippen LogP contribution in [0.5, 0.6) is 0 Å². The Morgan fingerprint density at radius 3 is 2.29 bits per heavy atom. The molecule has 0 bridgehead atoms. The van der Waals surface area contributed by atoms with Gasteiger partial charge in [-0.25, -0.2) is 9.66 Å². The summed E-state index contributed by atoms with van der Waals surface area (Å²) in [4.78, 5) is 4.22. The molecule has 2 N–H and O–H groups in total. The van der Waals surface area contributed by atoms with Crippen LogP contribution in [0.1, 0.15) is 11.1 Å². The maximum atomic E-state index is 12.5. The highest BCUT2D eigenvalue weighted by Gasteiger charge is 2.29. The van der Waals surface area contributed by atoms with E-state index >= 15 is 0 Å². The molecule has 122 valence electrons. The number of imidazole rings is 1. The van der Waals surface area contributed by atoms with Crippen molar-refractivity contribution in [2.45, 2.75) is 6.18 Å². The summed E-state index contributed by atoms with van der Waals surface area (Å²) in [6.07, 6.45) is -1.27. The minimum atomic E-state index is -4.35. The Morgan fingerprint density at radius 1 is 1.00 bits per heavy atom. The van der Waals surface area contributed by atoms with Gasteiger partial charge in [0.1, 0.15) is 0 Å². The van der Waals surface area contributed by atoms with Gasteiger partial charge in [-0.1, -0.05) is 42.5 Å². The molecule has 0 aliphatic carbocycles. The molecule has 0 aliphatic heterocycles. The van der Waals surface area contributed by atoms with Crippen molar-refractivity contribution in [3.8, 4) is 11.3 Å². The summed E-state index contributed by atoms with van der Waals surface area (Å²) in [6, 6.07) is 14.2. The highest BCUT2D eigenvalue weighted by atomic mass is 19.4. The normalized spacial score (nSPS) is 12.0. The maximum absolute atomic E-state index is 12.5. The van der Waals surface area contributed by atoms with E-state index in [0.29, 0.717) is 11.3 Å². The molecule has 0 saturated carbocycles. The average Bonchev–Trinajstić information content (AvgIpc) is 2.94. The quantitative estimate of drug-likeness (QED) is 0.737. The zero-order chi connectivity index (χ0) is 17.2. The molecule has 0 saturated heterocycles. The number of nitrogen functional groups attached to an aromatic ring is 1. The summed E-state index contributed by atoms with van der Waals surface area (Å²) >= 11 is 0. The van der Waals surface area contributed by atoms with Gasteiger partial charge in [0.25, 0.3) is 0 Å². The predicted octanol–water partition coefficient (Wildman–Crippen LogP) is 4.03. The number of anilines is 1. The molecule has 0 atom stereocenters. The monoisotopic (exact) mass is 330 g/mol. The number of hydrogen-bond acceptors (Lipinski definition) is 3. The minimum absolute atomic E-state index is 0.192. The number of nitrogens with zero attached hydrogens (tertiary/aromatic N) is 3. The van der Waals surface area contributed by atoms with Gasteiger partial charge in [0.2, 0.25) is 5.95 Å². The summed E-state index contributed by atoms with van der Waals surface area (Å²) < 4.78 is 38.9. The van der Waals surface area contributed by atoms with Crippen molar-refractivity contribution >= 4 is 12.2 Å². The smallest absolute Gasteiger partial charge is 0.368 e. The summed E-state index contributed by atoms with van der Waals surface area (Å²) in [5, 5.41) is 4.14. The van der Waals surface area contributed by atoms with E-state index in [1.807, 2.05) is 30.3 Å². The van der Waals surface area contributed by atoms with Gasteiger partial charge in [-0.15, -0.1) is 0 Å². The number of nitrogens with two attached hydrogens (primary N) is 1. The van der Waals surface area contributed by atoms with E-state index in [-0.39, 0.29) is 5.95 Å². The first-order chi connectivity index (χ1) is 11.4. The molecule has 0 fully saturated rings. The third-order valence-corrected chi connectivity index (χ3v) is 3.35. The number of halogens is 3. The van der Waals surface area contributed by atoms with Crippen molar-refractivity contribution in [2.24, 2.45) is 5.10 Å². The standard InChI is InChI=1S/C17H13F3N4/c18-17(19,20)14-8-6-12(7-9-14)10-22-24-11-15(23-16(24)21)13-4-2-1-3-5-13/h1-11H,(H2,21,23)/b22-10-. The van der Waals surface area contributed by atoms with Crippen LogP contribution in [0.25, 0.3) is 11.3 Å². The van der Waals surface area contributed by atoms with E-state index in [1.165, 1.54) is 23.0 Å². The van der Waals surface area contributed by atoms with Crippen LogP contribution in [0.15, 0.2) is 65.9 Å². The molecule has 0 radical (unpaired) electrons. The molecule has 2 aromatic carbocycles. The second-order valence-electron chi connectivity index (χ2n) is 5.06. The molecule has 0 amide bonds. The van der Waals surface area contributed by atoms with Gasteiger partial charge in [0.05, 0.1) is 23.7 Å².